The van der Waals surface area contributed by atoms with Crippen molar-refractivity contribution in [3.05, 3.63) is 65.2 Å². The van der Waals surface area contributed by atoms with Crippen LogP contribution in [0.1, 0.15) is 34.5 Å². The summed E-state index contributed by atoms with van der Waals surface area (Å²) in [4.78, 5) is 16.4. The molecule has 1 saturated heterocycles. The number of ether oxygens (including phenoxy) is 2. The molecular formula is C20H23FN2O3. The van der Waals surface area contributed by atoms with Crippen molar-refractivity contribution in [3.63, 3.8) is 0 Å². The molecule has 0 atom stereocenters. The van der Waals surface area contributed by atoms with E-state index in [-0.39, 0.29) is 11.7 Å². The Labute approximate surface area is 152 Å². The van der Waals surface area contributed by atoms with E-state index in [0.717, 1.165) is 37.2 Å². The molecule has 0 spiro atoms. The van der Waals surface area contributed by atoms with Crippen molar-refractivity contribution in [3.8, 4) is 0 Å². The fourth-order valence-corrected chi connectivity index (χ4v) is 2.84. The third-order valence-electron chi connectivity index (χ3n) is 4.38. The highest BCUT2D eigenvalue weighted by molar-refractivity contribution is 5.92. The lowest BCUT2D eigenvalue weighted by Gasteiger charge is -2.22. The third-order valence-corrected chi connectivity index (χ3v) is 4.38. The molecule has 0 radical (unpaired) electrons. The standard InChI is InChI=1S/C20H23FN2O3/c21-18-3-1-2-16(10-18)13-26-14-17-4-5-19(22-12-17)20(24)23-11-15-6-8-25-9-7-15/h1-5,10,12,15H,6-9,11,13-14H2,(H,23,24). The van der Waals surface area contributed by atoms with E-state index < -0.39 is 0 Å². The van der Waals surface area contributed by atoms with Gasteiger partial charge in [0.15, 0.2) is 0 Å². The van der Waals surface area contributed by atoms with Gasteiger partial charge in [-0.1, -0.05) is 18.2 Å². The Kier molecular flexibility index (Phi) is 6.68. The summed E-state index contributed by atoms with van der Waals surface area (Å²) in [6.07, 6.45) is 3.60. The van der Waals surface area contributed by atoms with Crippen LogP contribution in [0.4, 0.5) is 4.39 Å². The van der Waals surface area contributed by atoms with E-state index in [1.807, 2.05) is 12.1 Å². The van der Waals surface area contributed by atoms with Gasteiger partial charge in [-0.05, 0) is 48.1 Å². The second-order valence-corrected chi connectivity index (χ2v) is 6.44. The third kappa shape index (κ3) is 5.61. The van der Waals surface area contributed by atoms with Crippen LogP contribution >= 0.6 is 0 Å². The number of carbonyl (C=O) groups is 1. The SMILES string of the molecule is O=C(NCC1CCOCC1)c1ccc(COCc2cccc(F)c2)cn1. The largest absolute Gasteiger partial charge is 0.381 e. The minimum absolute atomic E-state index is 0.163. The highest BCUT2D eigenvalue weighted by atomic mass is 19.1. The van der Waals surface area contributed by atoms with Crippen molar-refractivity contribution in [2.24, 2.45) is 5.92 Å². The molecule has 1 fully saturated rings. The molecule has 0 aliphatic carbocycles. The predicted octanol–water partition coefficient (Wildman–Crippen LogP) is 3.09. The van der Waals surface area contributed by atoms with Crippen molar-refractivity contribution < 1.29 is 18.7 Å². The second-order valence-electron chi connectivity index (χ2n) is 6.44. The Morgan fingerprint density at radius 2 is 2.00 bits per heavy atom. The van der Waals surface area contributed by atoms with E-state index in [0.29, 0.717) is 31.4 Å². The zero-order valence-electron chi connectivity index (χ0n) is 14.6. The molecule has 2 heterocycles. The Hall–Kier alpha value is -2.31. The maximum absolute atomic E-state index is 13.1. The Bertz CT molecular complexity index is 715. The van der Waals surface area contributed by atoms with Crippen molar-refractivity contribution in [2.45, 2.75) is 26.1 Å². The lowest BCUT2D eigenvalue weighted by molar-refractivity contribution is 0.0642. The van der Waals surface area contributed by atoms with Gasteiger partial charge < -0.3 is 14.8 Å². The monoisotopic (exact) mass is 358 g/mol. The summed E-state index contributed by atoms with van der Waals surface area (Å²) in [5.74, 6) is 0.0378. The van der Waals surface area contributed by atoms with E-state index in [1.54, 1.807) is 18.3 Å². The van der Waals surface area contributed by atoms with Crippen molar-refractivity contribution in [2.75, 3.05) is 19.8 Å². The first-order valence-electron chi connectivity index (χ1n) is 8.84. The van der Waals surface area contributed by atoms with Crippen LogP contribution in [0.2, 0.25) is 0 Å². The number of carbonyl (C=O) groups excluding carboxylic acids is 1. The van der Waals surface area contributed by atoms with E-state index in [2.05, 4.69) is 10.3 Å². The van der Waals surface area contributed by atoms with Gasteiger partial charge in [0.05, 0.1) is 13.2 Å². The fraction of sp³-hybridized carbons (Fsp3) is 0.400. The quantitative estimate of drug-likeness (QED) is 0.826. The molecule has 1 aliphatic rings. The maximum Gasteiger partial charge on any atom is 0.269 e. The van der Waals surface area contributed by atoms with Crippen LogP contribution in [0.15, 0.2) is 42.6 Å². The van der Waals surface area contributed by atoms with Crippen LogP contribution in [-0.4, -0.2) is 30.6 Å². The summed E-state index contributed by atoms with van der Waals surface area (Å²) in [7, 11) is 0. The van der Waals surface area contributed by atoms with E-state index in [1.165, 1.54) is 12.1 Å². The first kappa shape index (κ1) is 18.5. The van der Waals surface area contributed by atoms with Crippen molar-refractivity contribution >= 4 is 5.91 Å². The van der Waals surface area contributed by atoms with Crippen LogP contribution < -0.4 is 5.32 Å². The Balaban J connectivity index is 1.43. The molecule has 138 valence electrons. The van der Waals surface area contributed by atoms with Gasteiger partial charge in [0.1, 0.15) is 11.5 Å². The van der Waals surface area contributed by atoms with Gasteiger partial charge in [-0.3, -0.25) is 9.78 Å². The molecule has 1 aliphatic heterocycles. The number of hydrogen-bond acceptors (Lipinski definition) is 4. The van der Waals surface area contributed by atoms with Crippen LogP contribution in [0.3, 0.4) is 0 Å². The van der Waals surface area contributed by atoms with Crippen molar-refractivity contribution in [1.29, 1.82) is 0 Å². The number of hydrogen-bond donors (Lipinski definition) is 1. The molecule has 1 aromatic carbocycles. The average Bonchev–Trinajstić information content (AvgIpc) is 2.67. The zero-order valence-corrected chi connectivity index (χ0v) is 14.6. The van der Waals surface area contributed by atoms with E-state index >= 15 is 0 Å². The van der Waals surface area contributed by atoms with E-state index in [4.69, 9.17) is 9.47 Å². The number of aromatic nitrogens is 1. The summed E-state index contributed by atoms with van der Waals surface area (Å²) in [5, 5.41) is 2.93. The number of halogens is 1. The van der Waals surface area contributed by atoms with Gasteiger partial charge in [0.2, 0.25) is 0 Å². The molecule has 0 bridgehead atoms. The second kappa shape index (κ2) is 9.40. The summed E-state index contributed by atoms with van der Waals surface area (Å²) in [6.45, 7) is 2.87. The molecule has 3 rings (SSSR count). The highest BCUT2D eigenvalue weighted by Crippen LogP contribution is 2.13. The lowest BCUT2D eigenvalue weighted by Crippen LogP contribution is -2.32. The Morgan fingerprint density at radius 1 is 1.19 bits per heavy atom. The average molecular weight is 358 g/mol. The Morgan fingerprint density at radius 3 is 2.73 bits per heavy atom. The smallest absolute Gasteiger partial charge is 0.269 e. The van der Waals surface area contributed by atoms with Crippen LogP contribution in [0, 0.1) is 11.7 Å². The highest BCUT2D eigenvalue weighted by Gasteiger charge is 2.15. The molecule has 2 aromatic rings. The molecule has 1 N–H and O–H groups in total. The molecule has 26 heavy (non-hydrogen) atoms. The first-order valence-corrected chi connectivity index (χ1v) is 8.84. The number of benzene rings is 1. The van der Waals surface area contributed by atoms with Crippen LogP contribution in [0.5, 0.6) is 0 Å². The summed E-state index contributed by atoms with van der Waals surface area (Å²) < 4.78 is 24.0. The van der Waals surface area contributed by atoms with Gasteiger partial charge >= 0.3 is 0 Å². The van der Waals surface area contributed by atoms with Crippen LogP contribution in [0.25, 0.3) is 0 Å². The number of nitrogens with one attached hydrogen (secondary N) is 1. The molecule has 0 saturated carbocycles. The lowest BCUT2D eigenvalue weighted by atomic mass is 10.0. The summed E-state index contributed by atoms with van der Waals surface area (Å²) in [6, 6.07) is 9.84. The first-order chi connectivity index (χ1) is 12.7. The minimum Gasteiger partial charge on any atom is -0.381 e. The molecular weight excluding hydrogens is 335 g/mol. The minimum atomic E-state index is -0.274. The topological polar surface area (TPSA) is 60.5 Å². The van der Waals surface area contributed by atoms with E-state index in [9.17, 15) is 9.18 Å². The van der Waals surface area contributed by atoms with Crippen LogP contribution in [-0.2, 0) is 22.7 Å². The van der Waals surface area contributed by atoms with Gasteiger partial charge in [0, 0.05) is 26.0 Å². The zero-order chi connectivity index (χ0) is 18.2. The summed E-state index contributed by atoms with van der Waals surface area (Å²) in [5.41, 5.74) is 2.04. The molecule has 0 unspecified atom stereocenters. The van der Waals surface area contributed by atoms with Gasteiger partial charge in [-0.2, -0.15) is 0 Å². The predicted molar refractivity (Wildman–Crippen MR) is 95.0 cm³/mol. The normalized spacial score (nSPS) is 15.0. The fourth-order valence-electron chi connectivity index (χ4n) is 2.84. The number of amides is 1. The van der Waals surface area contributed by atoms with Gasteiger partial charge in [-0.15, -0.1) is 0 Å². The molecule has 6 heteroatoms. The van der Waals surface area contributed by atoms with Crippen molar-refractivity contribution in [1.82, 2.24) is 10.3 Å². The number of pyridine rings is 1. The summed E-state index contributed by atoms with van der Waals surface area (Å²) >= 11 is 0. The molecule has 1 aromatic heterocycles. The van der Waals surface area contributed by atoms with Gasteiger partial charge in [0.25, 0.3) is 5.91 Å². The molecule has 1 amide bonds. The maximum atomic E-state index is 13.1. The molecule has 5 nitrogen and oxygen atoms in total. The number of nitrogens with zero attached hydrogens (tertiary/aromatic N) is 1. The number of rotatable bonds is 7. The van der Waals surface area contributed by atoms with Gasteiger partial charge in [-0.25, -0.2) is 4.39 Å².